The van der Waals surface area contributed by atoms with Crippen LogP contribution in [0.15, 0.2) is 12.1 Å². The topological polar surface area (TPSA) is 58.6 Å². The molecular formula is C19H25NO3. The normalized spacial score (nSPS) is 38.7. The summed E-state index contributed by atoms with van der Waals surface area (Å²) in [5.74, 6) is 1.94. The molecule has 0 aromatic heterocycles. The molecule has 0 spiro atoms. The van der Waals surface area contributed by atoms with Crippen LogP contribution >= 0.6 is 0 Å². The van der Waals surface area contributed by atoms with Crippen molar-refractivity contribution in [2.24, 2.45) is 17.8 Å². The third-order valence-electron chi connectivity index (χ3n) is 6.79. The lowest BCUT2D eigenvalue weighted by Gasteiger charge is -2.58. The lowest BCUT2D eigenvalue weighted by atomic mass is 9.48. The first-order valence-corrected chi connectivity index (χ1v) is 8.65. The summed E-state index contributed by atoms with van der Waals surface area (Å²) >= 11 is 0. The van der Waals surface area contributed by atoms with Gasteiger partial charge in [-0.15, -0.1) is 0 Å². The number of piperidine rings is 1. The SMILES string of the molecule is COc1ccc2c(c1O)[C@]13CCN[C@H](C2)[C@@H]1[C@H](C)[C@@H](C)C(=O)C3. The van der Waals surface area contributed by atoms with Gasteiger partial charge in [0.2, 0.25) is 0 Å². The van der Waals surface area contributed by atoms with Crippen molar-refractivity contribution in [2.45, 2.75) is 44.6 Å². The second kappa shape index (κ2) is 4.97. The van der Waals surface area contributed by atoms with Crippen molar-refractivity contribution in [3.8, 4) is 11.5 Å². The van der Waals surface area contributed by atoms with E-state index in [-0.39, 0.29) is 17.1 Å². The predicted molar refractivity (Wildman–Crippen MR) is 87.9 cm³/mol. The van der Waals surface area contributed by atoms with Crippen LogP contribution in [-0.2, 0) is 16.6 Å². The molecule has 2 N–H and O–H groups in total. The number of phenolic OH excluding ortho intramolecular Hbond substituents is 1. The smallest absolute Gasteiger partial charge is 0.161 e. The number of carbonyl (C=O) groups excluding carboxylic acids is 1. The number of ketones is 1. The fraction of sp³-hybridized carbons (Fsp3) is 0.632. The van der Waals surface area contributed by atoms with Crippen LogP contribution in [-0.4, -0.2) is 30.6 Å². The average Bonchev–Trinajstić information content (AvgIpc) is 2.52. The van der Waals surface area contributed by atoms with Crippen LogP contribution in [0.25, 0.3) is 0 Å². The van der Waals surface area contributed by atoms with E-state index in [9.17, 15) is 9.90 Å². The van der Waals surface area contributed by atoms with Crippen LogP contribution < -0.4 is 10.1 Å². The van der Waals surface area contributed by atoms with Crippen LogP contribution in [0.3, 0.4) is 0 Å². The molecule has 4 rings (SSSR count). The van der Waals surface area contributed by atoms with E-state index in [4.69, 9.17) is 4.74 Å². The fourth-order valence-corrected chi connectivity index (χ4v) is 5.63. The Morgan fingerprint density at radius 2 is 2.13 bits per heavy atom. The third kappa shape index (κ3) is 1.84. The van der Waals surface area contributed by atoms with E-state index in [0.717, 1.165) is 24.9 Å². The van der Waals surface area contributed by atoms with Gasteiger partial charge < -0.3 is 15.2 Å². The lowest BCUT2D eigenvalue weighted by Crippen LogP contribution is -2.64. The molecule has 1 saturated carbocycles. The van der Waals surface area contributed by atoms with Gasteiger partial charge in [0.25, 0.3) is 0 Å². The number of hydrogen-bond acceptors (Lipinski definition) is 4. The highest BCUT2D eigenvalue weighted by Crippen LogP contribution is 2.59. The Labute approximate surface area is 137 Å². The zero-order chi connectivity index (χ0) is 16.4. The second-order valence-corrected chi connectivity index (χ2v) is 7.64. The van der Waals surface area contributed by atoms with Crippen molar-refractivity contribution < 1.29 is 14.6 Å². The molecule has 1 aromatic rings. The van der Waals surface area contributed by atoms with Crippen molar-refractivity contribution >= 4 is 5.78 Å². The molecule has 1 aliphatic heterocycles. The largest absolute Gasteiger partial charge is 0.504 e. The van der Waals surface area contributed by atoms with Gasteiger partial charge in [0, 0.05) is 29.4 Å². The minimum absolute atomic E-state index is 0.102. The maximum atomic E-state index is 12.7. The van der Waals surface area contributed by atoms with Crippen molar-refractivity contribution in [1.82, 2.24) is 5.32 Å². The highest BCUT2D eigenvalue weighted by molar-refractivity contribution is 5.84. The lowest BCUT2D eigenvalue weighted by molar-refractivity contribution is -0.134. The minimum atomic E-state index is -0.231. The van der Waals surface area contributed by atoms with E-state index in [1.54, 1.807) is 7.11 Å². The summed E-state index contributed by atoms with van der Waals surface area (Å²) in [5.41, 5.74) is 1.93. The van der Waals surface area contributed by atoms with Gasteiger partial charge in [-0.3, -0.25) is 4.79 Å². The molecule has 2 aliphatic carbocycles. The Morgan fingerprint density at radius 3 is 2.87 bits per heavy atom. The Morgan fingerprint density at radius 1 is 1.35 bits per heavy atom. The van der Waals surface area contributed by atoms with Gasteiger partial charge in [0.05, 0.1) is 7.11 Å². The van der Waals surface area contributed by atoms with E-state index in [2.05, 4.69) is 25.2 Å². The summed E-state index contributed by atoms with van der Waals surface area (Å²) in [4.78, 5) is 12.7. The quantitative estimate of drug-likeness (QED) is 0.835. The zero-order valence-electron chi connectivity index (χ0n) is 14.1. The maximum Gasteiger partial charge on any atom is 0.161 e. The maximum absolute atomic E-state index is 12.7. The van der Waals surface area contributed by atoms with E-state index in [0.29, 0.717) is 35.8 Å². The highest BCUT2D eigenvalue weighted by Gasteiger charge is 2.58. The van der Waals surface area contributed by atoms with Gasteiger partial charge in [-0.05, 0) is 42.9 Å². The molecule has 3 aliphatic rings. The monoisotopic (exact) mass is 315 g/mol. The van der Waals surface area contributed by atoms with Gasteiger partial charge in [-0.1, -0.05) is 19.9 Å². The third-order valence-corrected chi connectivity index (χ3v) is 6.79. The Kier molecular flexibility index (Phi) is 3.24. The van der Waals surface area contributed by atoms with Crippen molar-refractivity contribution in [3.05, 3.63) is 23.3 Å². The number of benzene rings is 1. The summed E-state index contributed by atoms with van der Waals surface area (Å²) in [7, 11) is 1.58. The number of nitrogens with one attached hydrogen (secondary N) is 1. The van der Waals surface area contributed by atoms with E-state index in [1.807, 2.05) is 6.07 Å². The van der Waals surface area contributed by atoms with Gasteiger partial charge in [-0.25, -0.2) is 0 Å². The standard InChI is InChI=1S/C19H25NO3/c1-10-11(2)16-13-8-12-4-5-15(23-3)18(22)17(12)19(16,6-7-20-13)9-14(10)21/h4-5,10-11,13,16,20,22H,6-9H2,1-3H3/t10-,11-,13-,16+,19+/m1/s1. The first-order chi connectivity index (χ1) is 11.0. The second-order valence-electron chi connectivity index (χ2n) is 7.64. The minimum Gasteiger partial charge on any atom is -0.504 e. The molecule has 1 aromatic carbocycles. The van der Waals surface area contributed by atoms with Crippen LogP contribution in [0.4, 0.5) is 0 Å². The summed E-state index contributed by atoms with van der Waals surface area (Å²) in [6.07, 6.45) is 2.38. The average molecular weight is 315 g/mol. The first-order valence-electron chi connectivity index (χ1n) is 8.65. The number of methoxy groups -OCH3 is 1. The number of aromatic hydroxyl groups is 1. The van der Waals surface area contributed by atoms with Crippen LogP contribution in [0.1, 0.15) is 37.8 Å². The molecule has 4 nitrogen and oxygen atoms in total. The van der Waals surface area contributed by atoms with Gasteiger partial charge in [-0.2, -0.15) is 0 Å². The Hall–Kier alpha value is -1.55. The number of carbonyl (C=O) groups is 1. The first kappa shape index (κ1) is 15.0. The van der Waals surface area contributed by atoms with Crippen molar-refractivity contribution in [1.29, 1.82) is 0 Å². The molecule has 124 valence electrons. The molecule has 0 radical (unpaired) electrons. The van der Waals surface area contributed by atoms with Crippen LogP contribution in [0, 0.1) is 17.8 Å². The van der Waals surface area contributed by atoms with Crippen molar-refractivity contribution in [2.75, 3.05) is 13.7 Å². The summed E-state index contributed by atoms with van der Waals surface area (Å²) in [5, 5.41) is 14.5. The summed E-state index contributed by atoms with van der Waals surface area (Å²) < 4.78 is 5.35. The number of rotatable bonds is 1. The molecule has 5 atom stereocenters. The summed E-state index contributed by atoms with van der Waals surface area (Å²) in [6, 6.07) is 4.31. The van der Waals surface area contributed by atoms with E-state index >= 15 is 0 Å². The van der Waals surface area contributed by atoms with Gasteiger partial charge >= 0.3 is 0 Å². The molecule has 0 unspecified atom stereocenters. The number of ether oxygens (including phenoxy) is 1. The molecule has 1 heterocycles. The zero-order valence-corrected chi connectivity index (χ0v) is 14.1. The molecule has 2 fully saturated rings. The van der Waals surface area contributed by atoms with Gasteiger partial charge in [0.1, 0.15) is 5.78 Å². The molecule has 23 heavy (non-hydrogen) atoms. The molecule has 4 heteroatoms. The number of Topliss-reactive ketones (excluding diaryl/α,β-unsaturated/α-hetero) is 1. The molecular weight excluding hydrogens is 290 g/mol. The summed E-state index contributed by atoms with van der Waals surface area (Å²) in [6.45, 7) is 5.19. The number of hydrogen-bond donors (Lipinski definition) is 2. The highest BCUT2D eigenvalue weighted by atomic mass is 16.5. The molecule has 1 saturated heterocycles. The van der Waals surface area contributed by atoms with Crippen LogP contribution in [0.2, 0.25) is 0 Å². The molecule has 2 bridgehead atoms. The molecule has 0 amide bonds. The van der Waals surface area contributed by atoms with Crippen LogP contribution in [0.5, 0.6) is 11.5 Å². The van der Waals surface area contributed by atoms with Crippen molar-refractivity contribution in [3.63, 3.8) is 0 Å². The fourth-order valence-electron chi connectivity index (χ4n) is 5.63. The van der Waals surface area contributed by atoms with Gasteiger partial charge in [0.15, 0.2) is 11.5 Å². The van der Waals surface area contributed by atoms with E-state index < -0.39 is 0 Å². The number of phenols is 1. The number of fused-ring (bicyclic) bond motifs is 1. The predicted octanol–water partition coefficient (Wildman–Crippen LogP) is 2.42. The Bertz CT molecular complexity index is 671. The Balaban J connectivity index is 1.96. The van der Waals surface area contributed by atoms with E-state index in [1.165, 1.54) is 5.56 Å².